The highest BCUT2D eigenvalue weighted by Gasteiger charge is 2.52. The molecule has 150 valence electrons. The van der Waals surface area contributed by atoms with E-state index in [1.807, 2.05) is 13.8 Å². The van der Waals surface area contributed by atoms with Gasteiger partial charge in [0.2, 0.25) is 0 Å². The van der Waals surface area contributed by atoms with Crippen LogP contribution in [0.2, 0.25) is 0 Å². The van der Waals surface area contributed by atoms with E-state index >= 15 is 0 Å². The van der Waals surface area contributed by atoms with Gasteiger partial charge >= 0.3 is 0 Å². The van der Waals surface area contributed by atoms with E-state index in [2.05, 4.69) is 33.9 Å². The van der Waals surface area contributed by atoms with Crippen LogP contribution in [0.4, 0.5) is 0 Å². The molecule has 0 nitrogen and oxygen atoms in total. The van der Waals surface area contributed by atoms with Gasteiger partial charge in [-0.15, -0.1) is 0 Å². The highest BCUT2D eigenvalue weighted by molar-refractivity contribution is 5.25. The third kappa shape index (κ3) is 5.74. The van der Waals surface area contributed by atoms with Crippen LogP contribution in [0.1, 0.15) is 105 Å². The lowest BCUT2D eigenvalue weighted by Crippen LogP contribution is -2.20. The minimum Gasteiger partial charge on any atom is -0.0956 e. The molecule has 0 heteroatoms. The third-order valence-corrected chi connectivity index (χ3v) is 8.20. The summed E-state index contributed by atoms with van der Waals surface area (Å²) in [6, 6.07) is 0. The fourth-order valence-electron chi connectivity index (χ4n) is 5.53. The Morgan fingerprint density at radius 1 is 0.846 bits per heavy atom. The zero-order valence-electron chi connectivity index (χ0n) is 18.6. The van der Waals surface area contributed by atoms with E-state index < -0.39 is 0 Å². The van der Waals surface area contributed by atoms with E-state index in [9.17, 15) is 0 Å². The predicted molar refractivity (Wildman–Crippen MR) is 117 cm³/mol. The Morgan fingerprint density at radius 3 is 1.96 bits per heavy atom. The second-order valence-corrected chi connectivity index (χ2v) is 10.1. The van der Waals surface area contributed by atoms with Crippen LogP contribution < -0.4 is 0 Å². The summed E-state index contributed by atoms with van der Waals surface area (Å²) in [4.78, 5) is 0. The van der Waals surface area contributed by atoms with E-state index in [-0.39, 0.29) is 0 Å². The lowest BCUT2D eigenvalue weighted by atomic mass is 9.74. The molecule has 0 radical (unpaired) electrons. The van der Waals surface area contributed by atoms with Crippen molar-refractivity contribution in [1.82, 2.24) is 0 Å². The van der Waals surface area contributed by atoms with Crippen LogP contribution in [0.3, 0.4) is 0 Å². The molecule has 3 aliphatic carbocycles. The van der Waals surface area contributed by atoms with Crippen molar-refractivity contribution in [3.8, 4) is 0 Å². The summed E-state index contributed by atoms with van der Waals surface area (Å²) >= 11 is 0. The van der Waals surface area contributed by atoms with Crippen molar-refractivity contribution in [2.24, 2.45) is 35.0 Å². The van der Waals surface area contributed by atoms with Crippen molar-refractivity contribution >= 4 is 0 Å². The normalized spacial score (nSPS) is 38.6. The van der Waals surface area contributed by atoms with Crippen LogP contribution in [0.5, 0.6) is 0 Å². The van der Waals surface area contributed by atoms with Gasteiger partial charge in [-0.3, -0.25) is 0 Å². The highest BCUT2D eigenvalue weighted by atomic mass is 14.6. The van der Waals surface area contributed by atoms with Crippen molar-refractivity contribution < 1.29 is 0 Å². The van der Waals surface area contributed by atoms with E-state index in [1.165, 1.54) is 81.8 Å². The van der Waals surface area contributed by atoms with E-state index in [1.54, 1.807) is 0 Å². The fourth-order valence-corrected chi connectivity index (χ4v) is 5.53. The first-order valence-electron chi connectivity index (χ1n) is 11.7. The number of rotatable bonds is 7. The standard InChI is InChI=1S/C24H40.C2H6/c1-17(6-9-21-10-8-19(3)20(4)14-21)18(2)7-11-22-12-13-24(5)16-23(24)15-22;1-2/h19-23H,1-2,6-16H2,3-5H3;1-2H3. The Labute approximate surface area is 164 Å². The molecule has 0 N–H and O–H groups in total. The summed E-state index contributed by atoms with van der Waals surface area (Å²) in [5, 5.41) is 0. The monoisotopic (exact) mass is 358 g/mol. The minimum atomic E-state index is 0.756. The molecule has 0 spiro atoms. The third-order valence-electron chi connectivity index (χ3n) is 8.20. The summed E-state index contributed by atoms with van der Waals surface area (Å²) in [7, 11) is 0. The van der Waals surface area contributed by atoms with Crippen molar-refractivity contribution in [1.29, 1.82) is 0 Å². The Balaban J connectivity index is 0.00000117. The van der Waals surface area contributed by atoms with Crippen LogP contribution in [-0.2, 0) is 0 Å². The van der Waals surface area contributed by atoms with Crippen molar-refractivity contribution in [2.75, 3.05) is 0 Å². The smallest absolute Gasteiger partial charge is 0.0280 e. The molecular weight excluding hydrogens is 312 g/mol. The first-order valence-corrected chi connectivity index (χ1v) is 11.7. The van der Waals surface area contributed by atoms with Gasteiger partial charge in [0.15, 0.2) is 0 Å². The Hall–Kier alpha value is -0.520. The molecule has 0 aromatic heterocycles. The number of hydrogen-bond donors (Lipinski definition) is 0. The minimum absolute atomic E-state index is 0.756. The summed E-state index contributed by atoms with van der Waals surface area (Å²) in [5.74, 6) is 4.81. The second-order valence-electron chi connectivity index (χ2n) is 10.1. The van der Waals surface area contributed by atoms with Gasteiger partial charge in [0, 0.05) is 0 Å². The molecule has 3 saturated carbocycles. The zero-order valence-corrected chi connectivity index (χ0v) is 18.6. The average Bonchev–Trinajstić information content (AvgIpc) is 3.32. The Morgan fingerprint density at radius 2 is 1.42 bits per heavy atom. The van der Waals surface area contributed by atoms with Gasteiger partial charge in [-0.1, -0.05) is 71.8 Å². The lowest BCUT2D eigenvalue weighted by Gasteiger charge is -2.32. The fraction of sp³-hybridized carbons (Fsp3) is 0.846. The first kappa shape index (κ1) is 21.8. The molecule has 6 atom stereocenters. The molecule has 0 bridgehead atoms. The molecular formula is C26H46. The molecule has 6 unspecified atom stereocenters. The van der Waals surface area contributed by atoms with Crippen LogP contribution in [0.15, 0.2) is 24.3 Å². The maximum Gasteiger partial charge on any atom is -0.0280 e. The Kier molecular flexibility index (Phi) is 8.05. The molecule has 0 aliphatic heterocycles. The lowest BCUT2D eigenvalue weighted by molar-refractivity contribution is 0.200. The number of allylic oxidation sites excluding steroid dienone is 2. The number of fused-ring (bicyclic) bond motifs is 1. The molecule has 0 amide bonds. The maximum absolute atomic E-state index is 4.37. The quantitative estimate of drug-likeness (QED) is 0.400. The zero-order chi connectivity index (χ0) is 19.3. The molecule has 0 heterocycles. The maximum atomic E-state index is 4.37. The summed E-state index contributed by atoms with van der Waals surface area (Å²) in [5.41, 5.74) is 3.47. The molecule has 3 fully saturated rings. The molecule has 0 saturated heterocycles. The van der Waals surface area contributed by atoms with Crippen LogP contribution >= 0.6 is 0 Å². The van der Waals surface area contributed by atoms with E-state index in [4.69, 9.17) is 0 Å². The highest BCUT2D eigenvalue weighted by Crippen LogP contribution is 2.62. The van der Waals surface area contributed by atoms with Gasteiger partial charge in [-0.2, -0.15) is 0 Å². The van der Waals surface area contributed by atoms with Gasteiger partial charge in [-0.05, 0) is 92.8 Å². The van der Waals surface area contributed by atoms with Crippen molar-refractivity contribution in [3.63, 3.8) is 0 Å². The SMILES string of the molecule is C=C(CCC1CCC(C)C(C)C1)C(=C)CCC1CCC2(C)CC2C1.CC. The molecule has 0 aromatic rings. The van der Waals surface area contributed by atoms with Gasteiger partial charge in [0.25, 0.3) is 0 Å². The van der Waals surface area contributed by atoms with E-state index in [0.29, 0.717) is 0 Å². The summed E-state index contributed by atoms with van der Waals surface area (Å²) < 4.78 is 0. The van der Waals surface area contributed by atoms with Crippen LogP contribution in [0.25, 0.3) is 0 Å². The topological polar surface area (TPSA) is 0 Å². The van der Waals surface area contributed by atoms with Crippen LogP contribution in [-0.4, -0.2) is 0 Å². The van der Waals surface area contributed by atoms with Crippen molar-refractivity contribution in [2.45, 2.75) is 105 Å². The van der Waals surface area contributed by atoms with Crippen molar-refractivity contribution in [3.05, 3.63) is 24.3 Å². The number of hydrogen-bond acceptors (Lipinski definition) is 0. The summed E-state index contributed by atoms with van der Waals surface area (Å²) in [6.07, 6.45) is 15.3. The van der Waals surface area contributed by atoms with Crippen LogP contribution in [0, 0.1) is 35.0 Å². The Bertz CT molecular complexity index is 452. The van der Waals surface area contributed by atoms with E-state index in [0.717, 1.165) is 35.0 Å². The average molecular weight is 359 g/mol. The van der Waals surface area contributed by atoms with Gasteiger partial charge in [-0.25, -0.2) is 0 Å². The van der Waals surface area contributed by atoms with Gasteiger partial charge in [0.1, 0.15) is 0 Å². The van der Waals surface area contributed by atoms with Gasteiger partial charge in [0.05, 0.1) is 0 Å². The molecule has 3 aliphatic rings. The van der Waals surface area contributed by atoms with Gasteiger partial charge < -0.3 is 0 Å². The summed E-state index contributed by atoms with van der Waals surface area (Å²) in [6.45, 7) is 20.1. The largest absolute Gasteiger partial charge is 0.0956 e. The first-order chi connectivity index (χ1) is 12.4. The molecule has 0 aromatic carbocycles. The molecule has 26 heavy (non-hydrogen) atoms. The second kappa shape index (κ2) is 9.61. The predicted octanol–water partition coefficient (Wildman–Crippen LogP) is 8.58. The molecule has 3 rings (SSSR count).